The van der Waals surface area contributed by atoms with Crippen LogP contribution in [0.1, 0.15) is 10.4 Å². The number of halogens is 1. The summed E-state index contributed by atoms with van der Waals surface area (Å²) in [5.41, 5.74) is 0.219. The molecule has 1 aromatic heterocycles. The number of nitrogens with one attached hydrogen (secondary N) is 1. The Morgan fingerprint density at radius 1 is 1.32 bits per heavy atom. The summed E-state index contributed by atoms with van der Waals surface area (Å²) in [6, 6.07) is 7.10. The maximum absolute atomic E-state index is 12.9. The molecule has 1 aromatic carbocycles. The Labute approximate surface area is 110 Å². The van der Waals surface area contributed by atoms with Crippen LogP contribution in [0.25, 0.3) is 0 Å². The van der Waals surface area contributed by atoms with Crippen LogP contribution in [0.4, 0.5) is 10.1 Å². The topological polar surface area (TPSA) is 79.3 Å². The summed E-state index contributed by atoms with van der Waals surface area (Å²) in [7, 11) is 0. The van der Waals surface area contributed by atoms with Gasteiger partial charge >= 0.3 is 0 Å². The van der Waals surface area contributed by atoms with Crippen LogP contribution in [0.2, 0.25) is 0 Å². The van der Waals surface area contributed by atoms with Crippen LogP contribution in [0.15, 0.2) is 47.6 Å². The number of rotatable bonds is 3. The van der Waals surface area contributed by atoms with Crippen LogP contribution < -0.4 is 5.32 Å². The number of aromatic nitrogens is 1. The number of hydrogen-bond acceptors (Lipinski definition) is 3. The summed E-state index contributed by atoms with van der Waals surface area (Å²) in [4.78, 5) is 15.5. The van der Waals surface area contributed by atoms with E-state index in [0.29, 0.717) is 0 Å². The fourth-order valence-electron chi connectivity index (χ4n) is 1.45. The molecule has 0 spiro atoms. The lowest BCUT2D eigenvalue weighted by Gasteiger charge is -2.08. The van der Waals surface area contributed by atoms with Crippen LogP contribution in [0, 0.1) is 5.82 Å². The maximum atomic E-state index is 12.9. The van der Waals surface area contributed by atoms with Gasteiger partial charge in [0, 0.05) is 6.20 Å². The van der Waals surface area contributed by atoms with Gasteiger partial charge < -0.3 is 9.87 Å². The van der Waals surface area contributed by atoms with Gasteiger partial charge in [-0.15, -0.1) is 0 Å². The Kier molecular flexibility index (Phi) is 3.98. The van der Waals surface area contributed by atoms with Crippen LogP contribution in [0.5, 0.6) is 0 Å². The minimum absolute atomic E-state index is 0.0264. The number of para-hydroxylation sites is 1. The molecule has 98 valence electrons. The van der Waals surface area contributed by atoms with Gasteiger partial charge in [0.05, 0.1) is 22.3 Å². The summed E-state index contributed by atoms with van der Waals surface area (Å²) < 4.78 is 33.1. The Hall–Kier alpha value is -2.12. The smallest absolute Gasteiger partial charge is 0.257 e. The number of benzene rings is 1. The van der Waals surface area contributed by atoms with Crippen molar-refractivity contribution in [2.45, 2.75) is 4.90 Å². The van der Waals surface area contributed by atoms with E-state index in [4.69, 9.17) is 4.55 Å². The zero-order chi connectivity index (χ0) is 13.8. The number of hydrogen-bond donors (Lipinski definition) is 2. The summed E-state index contributed by atoms with van der Waals surface area (Å²) in [6.07, 6.45) is 2.18. The third-order valence-electron chi connectivity index (χ3n) is 2.29. The molecule has 19 heavy (non-hydrogen) atoms. The van der Waals surface area contributed by atoms with Gasteiger partial charge in [-0.1, -0.05) is 12.1 Å². The SMILES string of the molecule is O=C(Nc1ccccc1S(=O)O)c1cncc(F)c1. The maximum Gasteiger partial charge on any atom is 0.257 e. The van der Waals surface area contributed by atoms with Crippen LogP contribution in [0.3, 0.4) is 0 Å². The first-order chi connectivity index (χ1) is 9.08. The van der Waals surface area contributed by atoms with E-state index in [1.54, 1.807) is 12.1 Å². The Balaban J connectivity index is 2.27. The second-order valence-corrected chi connectivity index (χ2v) is 4.53. The molecule has 1 amide bonds. The first-order valence-corrected chi connectivity index (χ1v) is 6.30. The molecule has 7 heteroatoms. The van der Waals surface area contributed by atoms with Crippen molar-refractivity contribution in [2.75, 3.05) is 5.32 Å². The van der Waals surface area contributed by atoms with E-state index in [-0.39, 0.29) is 16.1 Å². The molecule has 5 nitrogen and oxygen atoms in total. The molecule has 0 fully saturated rings. The summed E-state index contributed by atoms with van der Waals surface area (Å²) in [5, 5.41) is 2.44. The van der Waals surface area contributed by atoms with Gasteiger partial charge in [-0.05, 0) is 18.2 Å². The van der Waals surface area contributed by atoms with E-state index in [9.17, 15) is 13.4 Å². The lowest BCUT2D eigenvalue weighted by atomic mass is 10.2. The zero-order valence-electron chi connectivity index (χ0n) is 9.54. The molecule has 0 aliphatic rings. The molecule has 0 radical (unpaired) electrons. The zero-order valence-corrected chi connectivity index (χ0v) is 10.4. The van der Waals surface area contributed by atoms with Crippen LogP contribution >= 0.6 is 0 Å². The van der Waals surface area contributed by atoms with E-state index >= 15 is 0 Å². The predicted octanol–water partition coefficient (Wildman–Crippen LogP) is 2.05. The molecule has 0 saturated heterocycles. The van der Waals surface area contributed by atoms with Crippen molar-refractivity contribution in [3.8, 4) is 0 Å². The van der Waals surface area contributed by atoms with Crippen molar-refractivity contribution in [3.63, 3.8) is 0 Å². The molecule has 2 rings (SSSR count). The van der Waals surface area contributed by atoms with Crippen molar-refractivity contribution >= 4 is 22.7 Å². The van der Waals surface area contributed by atoms with E-state index in [0.717, 1.165) is 12.3 Å². The summed E-state index contributed by atoms with van der Waals surface area (Å²) >= 11 is -2.22. The van der Waals surface area contributed by atoms with Crippen molar-refractivity contribution in [1.29, 1.82) is 0 Å². The number of carbonyl (C=O) groups is 1. The Morgan fingerprint density at radius 3 is 2.74 bits per heavy atom. The second kappa shape index (κ2) is 5.68. The van der Waals surface area contributed by atoms with Crippen molar-refractivity contribution < 1.29 is 17.9 Å². The average Bonchev–Trinajstić information content (AvgIpc) is 2.39. The molecular formula is C12H9FN2O3S. The summed E-state index contributed by atoms with van der Waals surface area (Å²) in [5.74, 6) is -1.24. The Morgan fingerprint density at radius 2 is 2.05 bits per heavy atom. The molecule has 0 bridgehead atoms. The normalized spacial score (nSPS) is 11.9. The fourth-order valence-corrected chi connectivity index (χ4v) is 1.95. The first-order valence-electron chi connectivity index (χ1n) is 5.19. The third-order valence-corrected chi connectivity index (χ3v) is 3.02. The van der Waals surface area contributed by atoms with Gasteiger partial charge in [0.25, 0.3) is 5.91 Å². The lowest BCUT2D eigenvalue weighted by molar-refractivity contribution is 0.102. The van der Waals surface area contributed by atoms with Gasteiger partial charge in [-0.3, -0.25) is 9.78 Å². The minimum Gasteiger partial charge on any atom is -0.321 e. The standard InChI is InChI=1S/C12H9FN2O3S/c13-9-5-8(6-14-7-9)12(16)15-10-3-1-2-4-11(10)19(17)18/h1-7H,(H,15,16)(H,17,18). The number of anilines is 1. The fraction of sp³-hybridized carbons (Fsp3) is 0. The third kappa shape index (κ3) is 3.21. The van der Waals surface area contributed by atoms with Crippen LogP contribution in [-0.2, 0) is 11.1 Å². The van der Waals surface area contributed by atoms with E-state index < -0.39 is 22.8 Å². The molecular weight excluding hydrogens is 271 g/mol. The van der Waals surface area contributed by atoms with E-state index in [1.807, 2.05) is 0 Å². The molecule has 0 saturated carbocycles. The number of carbonyl (C=O) groups excluding carboxylic acids is 1. The van der Waals surface area contributed by atoms with Gasteiger partial charge in [0.2, 0.25) is 0 Å². The highest BCUT2D eigenvalue weighted by Gasteiger charge is 2.12. The molecule has 2 aromatic rings. The monoisotopic (exact) mass is 280 g/mol. The first kappa shape index (κ1) is 13.3. The van der Waals surface area contributed by atoms with Gasteiger partial charge in [-0.2, -0.15) is 0 Å². The largest absolute Gasteiger partial charge is 0.321 e. The Bertz CT molecular complexity index is 648. The van der Waals surface area contributed by atoms with Crippen LogP contribution in [-0.4, -0.2) is 19.7 Å². The predicted molar refractivity (Wildman–Crippen MR) is 67.6 cm³/mol. The molecule has 1 unspecified atom stereocenters. The van der Waals surface area contributed by atoms with Crippen molar-refractivity contribution in [1.82, 2.24) is 4.98 Å². The lowest BCUT2D eigenvalue weighted by Crippen LogP contribution is -2.14. The van der Waals surface area contributed by atoms with Gasteiger partial charge in [-0.25, -0.2) is 8.60 Å². The van der Waals surface area contributed by atoms with Gasteiger partial charge in [0.15, 0.2) is 11.1 Å². The molecule has 0 aliphatic heterocycles. The summed E-state index contributed by atoms with van der Waals surface area (Å²) in [6.45, 7) is 0. The second-order valence-electron chi connectivity index (χ2n) is 3.59. The molecule has 2 N–H and O–H groups in total. The van der Waals surface area contributed by atoms with Crippen molar-refractivity contribution in [2.24, 2.45) is 0 Å². The minimum atomic E-state index is -2.22. The van der Waals surface area contributed by atoms with E-state index in [2.05, 4.69) is 10.3 Å². The highest BCUT2D eigenvalue weighted by molar-refractivity contribution is 7.79. The van der Waals surface area contributed by atoms with Crippen molar-refractivity contribution in [3.05, 3.63) is 54.1 Å². The van der Waals surface area contributed by atoms with Gasteiger partial charge in [0.1, 0.15) is 5.82 Å². The number of amides is 1. The number of nitrogens with zero attached hydrogens (tertiary/aromatic N) is 1. The molecule has 0 aliphatic carbocycles. The number of pyridine rings is 1. The highest BCUT2D eigenvalue weighted by Crippen LogP contribution is 2.19. The average molecular weight is 280 g/mol. The quantitative estimate of drug-likeness (QED) is 0.843. The molecule has 1 atom stereocenters. The highest BCUT2D eigenvalue weighted by atomic mass is 32.2. The van der Waals surface area contributed by atoms with E-state index in [1.165, 1.54) is 18.3 Å². The molecule has 1 heterocycles.